The van der Waals surface area contributed by atoms with Crippen LogP contribution in [0.15, 0.2) is 11.1 Å². The minimum absolute atomic E-state index is 0.0452. The van der Waals surface area contributed by atoms with E-state index in [-0.39, 0.29) is 73.3 Å². The lowest BCUT2D eigenvalue weighted by molar-refractivity contribution is -0.299. The number of aliphatic hydroxyl groups excluding tert-OH is 4. The Morgan fingerprint density at radius 3 is 2.30 bits per heavy atom. The van der Waals surface area contributed by atoms with Gasteiger partial charge < -0.3 is 58.7 Å². The summed E-state index contributed by atoms with van der Waals surface area (Å²) in [5.74, 6) is -3.83. The van der Waals surface area contributed by atoms with Gasteiger partial charge in [-0.05, 0) is 31.1 Å². The highest BCUT2D eigenvalue weighted by molar-refractivity contribution is 5.91. The molecule has 20 atom stereocenters. The van der Waals surface area contributed by atoms with Crippen LogP contribution in [0, 0.1) is 40.4 Å². The molecule has 16 heteroatoms. The van der Waals surface area contributed by atoms with Gasteiger partial charge >= 0.3 is 17.9 Å². The molecule has 4 heterocycles. The number of carbonyl (C=O) groups is 4. The van der Waals surface area contributed by atoms with Crippen molar-refractivity contribution in [3.63, 3.8) is 0 Å². The highest BCUT2D eigenvalue weighted by atomic mass is 16.7. The topological polar surface area (TPSA) is 241 Å². The second-order valence-corrected chi connectivity index (χ2v) is 17.5. The van der Waals surface area contributed by atoms with E-state index < -0.39 is 108 Å². The SMILES string of the molecule is CC(=O)OC1CC2C(C3OC3C3(O)CC4OC4C(OC(C)=O)C23C)C2CC(=O)C(C(C)C3CC(C)=C(COC4OC(CO)C(O)C(O)C4O)C(=O)O3)C12C. The molecule has 20 unspecified atom stereocenters. The quantitative estimate of drug-likeness (QED) is 0.119. The third kappa shape index (κ3) is 5.41. The number of Topliss-reactive ketones (excluding diaryl/α,β-unsaturated/α-hetero) is 1. The van der Waals surface area contributed by atoms with E-state index in [2.05, 4.69) is 0 Å². The van der Waals surface area contributed by atoms with E-state index >= 15 is 0 Å². The summed E-state index contributed by atoms with van der Waals surface area (Å²) < 4.78 is 41.5. The fourth-order valence-electron chi connectivity index (χ4n) is 12.1. The number of aliphatic hydroxyl groups is 5. The molecule has 54 heavy (non-hydrogen) atoms. The lowest BCUT2D eigenvalue weighted by Crippen LogP contribution is -2.72. The molecule has 4 saturated carbocycles. The van der Waals surface area contributed by atoms with Crippen LogP contribution in [0.2, 0.25) is 0 Å². The molecule has 8 rings (SSSR count). The minimum Gasteiger partial charge on any atom is -0.462 e. The zero-order valence-electron chi connectivity index (χ0n) is 31.3. The van der Waals surface area contributed by atoms with Gasteiger partial charge in [0.25, 0.3) is 0 Å². The van der Waals surface area contributed by atoms with E-state index in [0.717, 1.165) is 0 Å². The molecule has 0 bridgehead atoms. The first-order valence-electron chi connectivity index (χ1n) is 19.1. The zero-order chi connectivity index (χ0) is 39.0. The second kappa shape index (κ2) is 13.0. The Morgan fingerprint density at radius 2 is 1.65 bits per heavy atom. The van der Waals surface area contributed by atoms with E-state index in [1.807, 2.05) is 20.8 Å². The first-order valence-corrected chi connectivity index (χ1v) is 19.1. The Kier molecular flexibility index (Phi) is 9.23. The van der Waals surface area contributed by atoms with Crippen molar-refractivity contribution in [3.8, 4) is 0 Å². The van der Waals surface area contributed by atoms with Crippen molar-refractivity contribution >= 4 is 23.7 Å². The van der Waals surface area contributed by atoms with Gasteiger partial charge in [0.15, 0.2) is 6.29 Å². The highest BCUT2D eigenvalue weighted by Gasteiger charge is 2.84. The van der Waals surface area contributed by atoms with Crippen LogP contribution in [-0.2, 0) is 52.3 Å². The van der Waals surface area contributed by atoms with E-state index in [1.165, 1.54) is 13.8 Å². The highest BCUT2D eigenvalue weighted by Crippen LogP contribution is 2.74. The van der Waals surface area contributed by atoms with Gasteiger partial charge in [-0.2, -0.15) is 0 Å². The van der Waals surface area contributed by atoms with Crippen LogP contribution in [0.5, 0.6) is 0 Å². The number of fused-ring (bicyclic) bond motifs is 9. The molecule has 16 nitrogen and oxygen atoms in total. The summed E-state index contributed by atoms with van der Waals surface area (Å²) in [4.78, 5) is 53.2. The fraction of sp³-hybridized carbons (Fsp3) is 0.842. The average Bonchev–Trinajstić information content (AvgIpc) is 4.02. The van der Waals surface area contributed by atoms with Crippen LogP contribution in [0.25, 0.3) is 0 Å². The van der Waals surface area contributed by atoms with Gasteiger partial charge in [-0.1, -0.05) is 26.3 Å². The van der Waals surface area contributed by atoms with Gasteiger partial charge in [0.2, 0.25) is 0 Å². The van der Waals surface area contributed by atoms with Crippen LogP contribution in [0.1, 0.15) is 67.2 Å². The molecule has 0 aromatic rings. The van der Waals surface area contributed by atoms with Gasteiger partial charge in [0.1, 0.15) is 66.3 Å². The van der Waals surface area contributed by atoms with Gasteiger partial charge in [-0.3, -0.25) is 14.4 Å². The van der Waals surface area contributed by atoms with Crippen LogP contribution in [0.3, 0.4) is 0 Å². The normalized spacial score (nSPS) is 52.1. The van der Waals surface area contributed by atoms with Crippen molar-refractivity contribution in [2.75, 3.05) is 13.2 Å². The predicted octanol–water partition coefficient (Wildman–Crippen LogP) is -0.528. The number of ketones is 1. The van der Waals surface area contributed by atoms with E-state index in [9.17, 15) is 44.7 Å². The van der Waals surface area contributed by atoms with Crippen LogP contribution < -0.4 is 0 Å². The molecule has 3 saturated heterocycles. The van der Waals surface area contributed by atoms with Crippen LogP contribution in [0.4, 0.5) is 0 Å². The second-order valence-electron chi connectivity index (χ2n) is 17.5. The Labute approximate surface area is 312 Å². The molecule has 300 valence electrons. The van der Waals surface area contributed by atoms with Gasteiger partial charge in [-0.25, -0.2) is 4.79 Å². The molecule has 8 aliphatic rings. The summed E-state index contributed by atoms with van der Waals surface area (Å²) in [5.41, 5.74) is -2.49. The van der Waals surface area contributed by atoms with Crippen molar-refractivity contribution in [1.82, 2.24) is 0 Å². The number of hydrogen-bond donors (Lipinski definition) is 5. The molecular weight excluding hydrogens is 712 g/mol. The maximum Gasteiger partial charge on any atom is 0.336 e. The lowest BCUT2D eigenvalue weighted by Gasteiger charge is -2.63. The monoisotopic (exact) mass is 764 g/mol. The first kappa shape index (κ1) is 38.3. The molecule has 5 N–H and O–H groups in total. The molecule has 0 spiro atoms. The number of hydrogen-bond acceptors (Lipinski definition) is 16. The number of cyclic esters (lactones) is 1. The Hall–Kier alpha value is -2.54. The van der Waals surface area contributed by atoms with Gasteiger partial charge in [0.05, 0.1) is 31.0 Å². The summed E-state index contributed by atoms with van der Waals surface area (Å²) in [6.07, 6.45) is -10.2. The number of epoxide rings is 2. The van der Waals surface area contributed by atoms with Crippen LogP contribution >= 0.6 is 0 Å². The van der Waals surface area contributed by atoms with Crippen molar-refractivity contribution in [3.05, 3.63) is 11.1 Å². The van der Waals surface area contributed by atoms with Crippen molar-refractivity contribution in [2.45, 2.75) is 146 Å². The number of ether oxygens (including phenoxy) is 7. The largest absolute Gasteiger partial charge is 0.462 e. The third-order valence-corrected chi connectivity index (χ3v) is 14.9. The number of esters is 3. The average molecular weight is 765 g/mol. The fourth-order valence-corrected chi connectivity index (χ4v) is 12.1. The Bertz CT molecular complexity index is 1630. The summed E-state index contributed by atoms with van der Waals surface area (Å²) in [6.45, 7) is 9.20. The molecular formula is C38H52O16. The zero-order valence-corrected chi connectivity index (χ0v) is 31.3. The molecule has 4 aliphatic carbocycles. The smallest absolute Gasteiger partial charge is 0.336 e. The number of rotatable bonds is 8. The van der Waals surface area contributed by atoms with E-state index in [1.54, 1.807) is 6.92 Å². The standard InChI is InChI=1S/C38H52O16/c1-13-7-21(52-34(46)17(13)12-48-35-29(45)28(44)27(43)23(11-39)53-35)14(2)26-20(42)8-18-25-19(9-24(36(18,26)5)49-15(3)40)37(6)32(50-16(4)41)30-22(51-30)10-38(37,47)33-31(25)54-33/h14,18-19,21-33,35,39,43-45,47H,7-12H2,1-6H3. The molecule has 0 radical (unpaired) electrons. The van der Waals surface area contributed by atoms with Crippen LogP contribution in [-0.4, -0.2) is 141 Å². The Balaban J connectivity index is 1.06. The molecule has 4 aliphatic heterocycles. The summed E-state index contributed by atoms with van der Waals surface area (Å²) >= 11 is 0. The van der Waals surface area contributed by atoms with Crippen molar-refractivity contribution in [1.29, 1.82) is 0 Å². The van der Waals surface area contributed by atoms with Crippen molar-refractivity contribution < 1.29 is 77.9 Å². The Morgan fingerprint density at radius 1 is 0.944 bits per heavy atom. The van der Waals surface area contributed by atoms with E-state index in [4.69, 9.17) is 33.2 Å². The first-order chi connectivity index (χ1) is 25.4. The van der Waals surface area contributed by atoms with E-state index in [0.29, 0.717) is 12.0 Å². The lowest BCUT2D eigenvalue weighted by atomic mass is 9.41. The summed E-state index contributed by atoms with van der Waals surface area (Å²) in [7, 11) is 0. The van der Waals surface area contributed by atoms with Gasteiger partial charge in [0, 0.05) is 55.8 Å². The van der Waals surface area contributed by atoms with Gasteiger partial charge in [-0.15, -0.1) is 0 Å². The minimum atomic E-state index is -1.64. The molecule has 0 aromatic heterocycles. The summed E-state index contributed by atoms with van der Waals surface area (Å²) in [6, 6.07) is 0. The summed E-state index contributed by atoms with van der Waals surface area (Å²) in [5, 5.41) is 52.6. The number of carbonyl (C=O) groups excluding carboxylic acids is 4. The predicted molar refractivity (Wildman–Crippen MR) is 178 cm³/mol. The maximum absolute atomic E-state index is 14.4. The molecule has 0 aromatic carbocycles. The third-order valence-electron chi connectivity index (χ3n) is 14.9. The molecule has 7 fully saturated rings. The van der Waals surface area contributed by atoms with Crippen molar-refractivity contribution in [2.24, 2.45) is 40.4 Å². The molecule has 0 amide bonds. The maximum atomic E-state index is 14.4.